The average molecular weight is 487 g/mol. The van der Waals surface area contributed by atoms with Gasteiger partial charge in [0.2, 0.25) is 5.91 Å². The summed E-state index contributed by atoms with van der Waals surface area (Å²) in [6.07, 6.45) is 1.84. The van der Waals surface area contributed by atoms with Gasteiger partial charge < -0.3 is 5.32 Å². The largest absolute Gasteiger partial charge is 0.337 e. The van der Waals surface area contributed by atoms with Gasteiger partial charge in [0.25, 0.3) is 5.56 Å². The van der Waals surface area contributed by atoms with Gasteiger partial charge in [0.1, 0.15) is 11.2 Å². The van der Waals surface area contributed by atoms with E-state index in [4.69, 9.17) is 11.6 Å². The lowest BCUT2D eigenvalue weighted by atomic mass is 10.2. The molecule has 0 saturated heterocycles. The van der Waals surface area contributed by atoms with Crippen LogP contribution in [0, 0.1) is 13.8 Å². The average Bonchev–Trinajstić information content (AvgIpc) is 3.20. The molecule has 0 unspecified atom stereocenters. The number of nitrogens with one attached hydrogen (secondary N) is 1. The van der Waals surface area contributed by atoms with E-state index in [1.807, 2.05) is 32.2 Å². The van der Waals surface area contributed by atoms with Crippen molar-refractivity contribution in [2.45, 2.75) is 24.7 Å². The van der Waals surface area contributed by atoms with Crippen LogP contribution in [0.1, 0.15) is 11.1 Å². The minimum atomic E-state index is -0.624. The second-order valence-electron chi connectivity index (χ2n) is 7.19. The molecular weight excluding hydrogens is 468 g/mol. The number of anilines is 1. The van der Waals surface area contributed by atoms with Crippen LogP contribution in [0.15, 0.2) is 56.4 Å². The van der Waals surface area contributed by atoms with E-state index in [1.54, 1.807) is 30.3 Å². The lowest BCUT2D eigenvalue weighted by Crippen LogP contribution is -2.40. The zero-order valence-corrected chi connectivity index (χ0v) is 19.9. The van der Waals surface area contributed by atoms with Gasteiger partial charge in [-0.2, -0.15) is 0 Å². The number of aryl methyl sites for hydroxylation is 2. The first-order valence-corrected chi connectivity index (χ1v) is 12.0. The molecule has 0 radical (unpaired) electrons. The summed E-state index contributed by atoms with van der Waals surface area (Å²) in [5.74, 6) is -0.430. The summed E-state index contributed by atoms with van der Waals surface area (Å²) in [4.78, 5) is 43.7. The summed E-state index contributed by atoms with van der Waals surface area (Å²) in [5.41, 5.74) is 1.97. The zero-order valence-electron chi connectivity index (χ0n) is 17.5. The van der Waals surface area contributed by atoms with Crippen molar-refractivity contribution in [3.8, 4) is 5.69 Å². The second kappa shape index (κ2) is 8.93. The van der Waals surface area contributed by atoms with E-state index in [0.29, 0.717) is 25.4 Å². The Morgan fingerprint density at radius 2 is 1.88 bits per heavy atom. The first-order chi connectivity index (χ1) is 15.3. The molecule has 7 nitrogen and oxygen atoms in total. The summed E-state index contributed by atoms with van der Waals surface area (Å²) >= 11 is 8.72. The molecule has 2 aromatic heterocycles. The van der Waals surface area contributed by atoms with Crippen molar-refractivity contribution >= 4 is 56.6 Å². The van der Waals surface area contributed by atoms with Gasteiger partial charge in [-0.15, -0.1) is 11.3 Å². The SMILES string of the molecule is CSc1nc2c(s1)c(=O)n(-c1ccc(C)cc1)c(=O)n2CC(=O)Nc1ccc(C)c(Cl)c1. The smallest absolute Gasteiger partial charge is 0.324 e. The molecule has 0 fully saturated rings. The Morgan fingerprint density at radius 3 is 2.53 bits per heavy atom. The Bertz CT molecular complexity index is 1460. The van der Waals surface area contributed by atoms with Crippen molar-refractivity contribution in [3.63, 3.8) is 0 Å². The molecule has 10 heteroatoms. The maximum Gasteiger partial charge on any atom is 0.337 e. The molecular formula is C22H19ClN4O3S2. The van der Waals surface area contributed by atoms with Crippen LogP contribution >= 0.6 is 34.7 Å². The highest BCUT2D eigenvalue weighted by molar-refractivity contribution is 8.00. The van der Waals surface area contributed by atoms with E-state index in [1.165, 1.54) is 27.7 Å². The number of thiazole rings is 1. The molecule has 0 aliphatic heterocycles. The quantitative estimate of drug-likeness (QED) is 0.426. The van der Waals surface area contributed by atoms with Gasteiger partial charge in [-0.25, -0.2) is 14.3 Å². The number of carbonyl (C=O) groups excluding carboxylic acids is 1. The molecule has 1 amide bonds. The number of carbonyl (C=O) groups is 1. The molecule has 32 heavy (non-hydrogen) atoms. The van der Waals surface area contributed by atoms with Crippen LogP contribution in [0.25, 0.3) is 16.0 Å². The van der Waals surface area contributed by atoms with Crippen LogP contribution in [0.2, 0.25) is 5.02 Å². The maximum absolute atomic E-state index is 13.4. The van der Waals surface area contributed by atoms with Gasteiger partial charge in [-0.1, -0.05) is 47.1 Å². The second-order valence-corrected chi connectivity index (χ2v) is 9.65. The van der Waals surface area contributed by atoms with E-state index < -0.39 is 17.2 Å². The number of benzene rings is 2. The summed E-state index contributed by atoms with van der Waals surface area (Å²) in [6, 6.07) is 12.2. The van der Waals surface area contributed by atoms with Crippen molar-refractivity contribution in [1.82, 2.24) is 14.1 Å². The van der Waals surface area contributed by atoms with Gasteiger partial charge in [-0.05, 0) is 49.9 Å². The topological polar surface area (TPSA) is 86.0 Å². The van der Waals surface area contributed by atoms with E-state index in [-0.39, 0.29) is 12.2 Å². The molecule has 0 aliphatic rings. The van der Waals surface area contributed by atoms with Gasteiger partial charge in [-0.3, -0.25) is 14.2 Å². The highest BCUT2D eigenvalue weighted by Crippen LogP contribution is 2.25. The highest BCUT2D eigenvalue weighted by Gasteiger charge is 2.20. The molecule has 0 atom stereocenters. The summed E-state index contributed by atoms with van der Waals surface area (Å²) in [7, 11) is 0. The van der Waals surface area contributed by atoms with E-state index in [0.717, 1.165) is 15.7 Å². The lowest BCUT2D eigenvalue weighted by molar-refractivity contribution is -0.116. The Morgan fingerprint density at radius 1 is 1.16 bits per heavy atom. The first-order valence-electron chi connectivity index (χ1n) is 9.62. The number of aromatic nitrogens is 3. The molecule has 1 N–H and O–H groups in total. The minimum Gasteiger partial charge on any atom is -0.324 e. The zero-order chi connectivity index (χ0) is 23.0. The Hall–Kier alpha value is -2.88. The number of amides is 1. The van der Waals surface area contributed by atoms with Crippen LogP contribution in [0.5, 0.6) is 0 Å². The predicted molar refractivity (Wildman–Crippen MR) is 131 cm³/mol. The fraction of sp³-hybridized carbons (Fsp3) is 0.182. The van der Waals surface area contributed by atoms with Crippen LogP contribution in [-0.2, 0) is 11.3 Å². The van der Waals surface area contributed by atoms with Gasteiger partial charge >= 0.3 is 5.69 Å². The van der Waals surface area contributed by atoms with Crippen molar-refractivity contribution in [2.75, 3.05) is 11.6 Å². The minimum absolute atomic E-state index is 0.204. The van der Waals surface area contributed by atoms with E-state index >= 15 is 0 Å². The number of hydrogen-bond acceptors (Lipinski definition) is 6. The van der Waals surface area contributed by atoms with Crippen LogP contribution < -0.4 is 16.6 Å². The number of fused-ring (bicyclic) bond motifs is 1. The molecule has 0 saturated carbocycles. The van der Waals surface area contributed by atoms with Crippen LogP contribution in [0.4, 0.5) is 5.69 Å². The predicted octanol–water partition coefficient (Wildman–Crippen LogP) is 4.24. The third-order valence-corrected chi connectivity index (χ3v) is 7.31. The third kappa shape index (κ3) is 4.23. The van der Waals surface area contributed by atoms with Crippen LogP contribution in [0.3, 0.4) is 0 Å². The fourth-order valence-electron chi connectivity index (χ4n) is 3.18. The van der Waals surface area contributed by atoms with Crippen molar-refractivity contribution < 1.29 is 4.79 Å². The van der Waals surface area contributed by atoms with E-state index in [2.05, 4.69) is 10.3 Å². The number of thioether (sulfide) groups is 1. The summed E-state index contributed by atoms with van der Waals surface area (Å²) in [5, 5.41) is 3.28. The van der Waals surface area contributed by atoms with Crippen molar-refractivity contribution in [2.24, 2.45) is 0 Å². The van der Waals surface area contributed by atoms with Gasteiger partial charge in [0.05, 0.1) is 5.69 Å². The summed E-state index contributed by atoms with van der Waals surface area (Å²) < 4.78 is 3.27. The van der Waals surface area contributed by atoms with Crippen molar-refractivity contribution in [3.05, 3.63) is 79.5 Å². The third-order valence-electron chi connectivity index (χ3n) is 4.89. The lowest BCUT2D eigenvalue weighted by Gasteiger charge is -2.12. The van der Waals surface area contributed by atoms with Gasteiger partial charge in [0.15, 0.2) is 9.99 Å². The molecule has 4 rings (SSSR count). The Labute approximate surface area is 196 Å². The number of halogens is 1. The van der Waals surface area contributed by atoms with Gasteiger partial charge in [0, 0.05) is 10.7 Å². The Kier molecular flexibility index (Phi) is 6.23. The summed E-state index contributed by atoms with van der Waals surface area (Å²) in [6.45, 7) is 3.48. The molecule has 0 aliphatic carbocycles. The maximum atomic E-state index is 13.4. The van der Waals surface area contributed by atoms with Crippen LogP contribution in [-0.4, -0.2) is 26.3 Å². The normalized spacial score (nSPS) is 11.1. The molecule has 164 valence electrons. The number of hydrogen-bond donors (Lipinski definition) is 1. The standard InChI is InChI=1S/C22H19ClN4O3S2/c1-12-4-8-15(9-5-12)27-20(29)18-19(25-21(31-3)32-18)26(22(27)30)11-17(28)24-14-7-6-13(2)16(23)10-14/h4-10H,11H2,1-3H3,(H,24,28). The molecule has 2 heterocycles. The molecule has 4 aromatic rings. The molecule has 0 spiro atoms. The van der Waals surface area contributed by atoms with Crippen molar-refractivity contribution in [1.29, 1.82) is 0 Å². The monoisotopic (exact) mass is 486 g/mol. The fourth-order valence-corrected chi connectivity index (χ4v) is 4.86. The first kappa shape index (κ1) is 22.3. The number of nitrogens with zero attached hydrogens (tertiary/aromatic N) is 3. The van der Waals surface area contributed by atoms with E-state index in [9.17, 15) is 14.4 Å². The molecule has 2 aromatic carbocycles. The highest BCUT2D eigenvalue weighted by atomic mass is 35.5. The number of rotatable bonds is 5. The molecule has 0 bridgehead atoms. The Balaban J connectivity index is 1.82.